The minimum atomic E-state index is -0.258. The van der Waals surface area contributed by atoms with Gasteiger partial charge >= 0.3 is 0 Å². The second-order valence-electron chi connectivity index (χ2n) is 7.85. The number of rotatable bonds is 5. The second-order valence-corrected chi connectivity index (χ2v) is 8.29. The highest BCUT2D eigenvalue weighted by atomic mass is 35.5. The van der Waals surface area contributed by atoms with E-state index >= 15 is 0 Å². The van der Waals surface area contributed by atoms with Gasteiger partial charge in [-0.25, -0.2) is 4.98 Å². The first-order valence-corrected chi connectivity index (χ1v) is 10.3. The molecule has 2 atom stereocenters. The van der Waals surface area contributed by atoms with Gasteiger partial charge in [0, 0.05) is 24.5 Å². The summed E-state index contributed by atoms with van der Waals surface area (Å²) in [7, 11) is 0. The number of carbonyl (C=O) groups is 1. The first-order chi connectivity index (χ1) is 13.5. The number of H-pyrrole nitrogens is 1. The molecule has 28 heavy (non-hydrogen) atoms. The highest BCUT2D eigenvalue weighted by Crippen LogP contribution is 2.39. The molecule has 2 aliphatic rings. The lowest BCUT2D eigenvalue weighted by Crippen LogP contribution is -2.46. The van der Waals surface area contributed by atoms with E-state index in [-0.39, 0.29) is 17.5 Å². The van der Waals surface area contributed by atoms with Crippen LogP contribution in [0, 0.1) is 0 Å². The van der Waals surface area contributed by atoms with E-state index in [9.17, 15) is 9.59 Å². The fraction of sp³-hybridized carbons (Fsp3) is 0.476. The van der Waals surface area contributed by atoms with Gasteiger partial charge in [0.1, 0.15) is 5.82 Å². The number of halogens is 1. The lowest BCUT2D eigenvalue weighted by atomic mass is 9.90. The van der Waals surface area contributed by atoms with Crippen molar-refractivity contribution in [2.45, 2.75) is 50.5 Å². The fourth-order valence-electron chi connectivity index (χ4n) is 3.93. The Bertz CT molecular complexity index is 907. The monoisotopic (exact) mass is 400 g/mol. The number of pyridine rings is 2. The number of nitrogens with one attached hydrogen (secondary N) is 2. The van der Waals surface area contributed by atoms with Crippen LogP contribution in [0.15, 0.2) is 35.4 Å². The Kier molecular flexibility index (Phi) is 5.51. The molecule has 2 fully saturated rings. The van der Waals surface area contributed by atoms with Gasteiger partial charge in [0.15, 0.2) is 0 Å². The van der Waals surface area contributed by atoms with Crippen LogP contribution >= 0.6 is 11.6 Å². The molecule has 0 radical (unpaired) electrons. The maximum atomic E-state index is 12.7. The Hall–Kier alpha value is -2.18. The molecule has 1 saturated heterocycles. The summed E-state index contributed by atoms with van der Waals surface area (Å²) in [5.74, 6) is 1.19. The number of aromatic nitrogens is 2. The molecule has 1 amide bonds. The van der Waals surface area contributed by atoms with Crippen LogP contribution in [0.25, 0.3) is 0 Å². The Labute approximate surface area is 169 Å². The summed E-state index contributed by atoms with van der Waals surface area (Å²) in [5, 5.41) is 3.40. The molecule has 1 unspecified atom stereocenters. The Morgan fingerprint density at radius 2 is 2.14 bits per heavy atom. The van der Waals surface area contributed by atoms with E-state index in [1.807, 2.05) is 13.1 Å². The predicted molar refractivity (Wildman–Crippen MR) is 110 cm³/mol. The van der Waals surface area contributed by atoms with Crippen molar-refractivity contribution >= 4 is 23.3 Å². The van der Waals surface area contributed by atoms with Crippen molar-refractivity contribution in [2.24, 2.45) is 0 Å². The molecule has 1 aliphatic heterocycles. The minimum Gasteiger partial charge on any atom is -0.329 e. The molecule has 0 spiro atoms. The first kappa shape index (κ1) is 19.2. The zero-order chi connectivity index (χ0) is 19.7. The molecule has 3 heterocycles. The highest BCUT2D eigenvalue weighted by Gasteiger charge is 2.30. The lowest BCUT2D eigenvalue weighted by molar-refractivity contribution is -0.121. The highest BCUT2D eigenvalue weighted by molar-refractivity contribution is 6.30. The van der Waals surface area contributed by atoms with Crippen LogP contribution in [0.4, 0.5) is 5.82 Å². The third-order valence-electron chi connectivity index (χ3n) is 5.80. The summed E-state index contributed by atoms with van der Waals surface area (Å²) in [5.41, 5.74) is 2.15. The van der Waals surface area contributed by atoms with E-state index in [4.69, 9.17) is 11.6 Å². The molecule has 1 saturated carbocycles. The third-order valence-corrected chi connectivity index (χ3v) is 6.03. The summed E-state index contributed by atoms with van der Waals surface area (Å²) in [6.45, 7) is 3.62. The number of amides is 1. The molecular weight excluding hydrogens is 376 g/mol. The van der Waals surface area contributed by atoms with Gasteiger partial charge in [-0.3, -0.25) is 14.5 Å². The SMILES string of the molecule is CC(C(=O)Nc1ccc(Cl)cn1)N1CCC[C@@H](c2c[nH]c(=O)c(C3CC3)c2)C1. The van der Waals surface area contributed by atoms with Gasteiger partial charge in [-0.1, -0.05) is 11.6 Å². The normalized spacial score (nSPS) is 21.3. The quantitative estimate of drug-likeness (QED) is 0.805. The van der Waals surface area contributed by atoms with Crippen LogP contribution in [0.1, 0.15) is 55.6 Å². The number of hydrogen-bond acceptors (Lipinski definition) is 4. The van der Waals surface area contributed by atoms with Gasteiger partial charge in [0.05, 0.1) is 11.1 Å². The van der Waals surface area contributed by atoms with Crippen molar-refractivity contribution < 1.29 is 4.79 Å². The van der Waals surface area contributed by atoms with Crippen molar-refractivity contribution in [3.8, 4) is 0 Å². The summed E-state index contributed by atoms with van der Waals surface area (Å²) >= 11 is 5.85. The smallest absolute Gasteiger partial charge is 0.251 e. The van der Waals surface area contributed by atoms with Crippen molar-refractivity contribution in [1.82, 2.24) is 14.9 Å². The third kappa shape index (κ3) is 4.28. The van der Waals surface area contributed by atoms with Crippen LogP contribution in [0.2, 0.25) is 5.02 Å². The van der Waals surface area contributed by atoms with Gasteiger partial charge in [0.2, 0.25) is 5.91 Å². The Balaban J connectivity index is 1.43. The van der Waals surface area contributed by atoms with Crippen LogP contribution in [0.5, 0.6) is 0 Å². The summed E-state index contributed by atoms with van der Waals surface area (Å²) in [6.07, 6.45) is 7.69. The molecular formula is C21H25ClN4O2. The van der Waals surface area contributed by atoms with Gasteiger partial charge in [-0.2, -0.15) is 0 Å². The molecule has 0 bridgehead atoms. The average molecular weight is 401 g/mol. The number of likely N-dealkylation sites (tertiary alicyclic amines) is 1. The molecule has 148 valence electrons. The number of piperidine rings is 1. The predicted octanol–water partition coefficient (Wildman–Crippen LogP) is 3.51. The zero-order valence-electron chi connectivity index (χ0n) is 16.0. The Morgan fingerprint density at radius 3 is 2.86 bits per heavy atom. The van der Waals surface area contributed by atoms with Gasteiger partial charge in [-0.05, 0) is 74.8 Å². The molecule has 4 rings (SSSR count). The number of hydrogen-bond donors (Lipinski definition) is 2. The van der Waals surface area contributed by atoms with Crippen molar-refractivity contribution in [2.75, 3.05) is 18.4 Å². The van der Waals surface area contributed by atoms with E-state index < -0.39 is 0 Å². The number of anilines is 1. The van der Waals surface area contributed by atoms with Crippen molar-refractivity contribution in [1.29, 1.82) is 0 Å². The van der Waals surface area contributed by atoms with Crippen LogP contribution in [-0.4, -0.2) is 39.9 Å². The van der Waals surface area contributed by atoms with E-state index in [1.165, 1.54) is 11.8 Å². The first-order valence-electron chi connectivity index (χ1n) is 9.90. The van der Waals surface area contributed by atoms with Crippen LogP contribution in [-0.2, 0) is 4.79 Å². The average Bonchev–Trinajstić information content (AvgIpc) is 3.55. The lowest BCUT2D eigenvalue weighted by Gasteiger charge is -2.36. The summed E-state index contributed by atoms with van der Waals surface area (Å²) in [6, 6.07) is 5.24. The van der Waals surface area contributed by atoms with Gasteiger partial charge < -0.3 is 10.3 Å². The van der Waals surface area contributed by atoms with Crippen molar-refractivity contribution in [3.05, 3.63) is 57.1 Å². The maximum absolute atomic E-state index is 12.7. The second kappa shape index (κ2) is 8.05. The van der Waals surface area contributed by atoms with E-state index in [1.54, 1.807) is 12.1 Å². The van der Waals surface area contributed by atoms with Crippen molar-refractivity contribution in [3.63, 3.8) is 0 Å². The van der Waals surface area contributed by atoms with E-state index in [2.05, 4.69) is 26.3 Å². The molecule has 1 aliphatic carbocycles. The standard InChI is InChI=1S/C21H25ClN4O2/c1-13(20(27)25-19-7-6-17(22)11-23-19)26-8-2-3-15(12-26)16-9-18(14-4-5-14)21(28)24-10-16/h6-7,9-11,13-15H,2-5,8,12H2,1H3,(H,24,28)(H,23,25,27)/t13?,15-/m1/s1. The summed E-state index contributed by atoms with van der Waals surface area (Å²) < 4.78 is 0. The molecule has 2 aromatic heterocycles. The minimum absolute atomic E-state index is 0.0436. The molecule has 6 nitrogen and oxygen atoms in total. The molecule has 2 aromatic rings. The zero-order valence-corrected chi connectivity index (χ0v) is 16.7. The molecule has 7 heteroatoms. The number of aromatic amines is 1. The number of carbonyl (C=O) groups excluding carboxylic acids is 1. The van der Waals surface area contributed by atoms with E-state index in [0.29, 0.717) is 22.7 Å². The molecule has 0 aromatic carbocycles. The maximum Gasteiger partial charge on any atom is 0.251 e. The van der Waals surface area contributed by atoms with Crippen LogP contribution in [0.3, 0.4) is 0 Å². The van der Waals surface area contributed by atoms with Gasteiger partial charge in [-0.15, -0.1) is 0 Å². The largest absolute Gasteiger partial charge is 0.329 e. The topological polar surface area (TPSA) is 78.1 Å². The fourth-order valence-corrected chi connectivity index (χ4v) is 4.04. The van der Waals surface area contributed by atoms with Crippen LogP contribution < -0.4 is 10.9 Å². The summed E-state index contributed by atoms with van der Waals surface area (Å²) in [4.78, 5) is 34.0. The molecule has 2 N–H and O–H groups in total. The number of nitrogens with zero attached hydrogens (tertiary/aromatic N) is 2. The van der Waals surface area contributed by atoms with E-state index in [0.717, 1.165) is 44.3 Å². The van der Waals surface area contributed by atoms with Gasteiger partial charge in [0.25, 0.3) is 5.56 Å². The Morgan fingerprint density at radius 1 is 1.32 bits per heavy atom.